The van der Waals surface area contributed by atoms with E-state index in [0.717, 1.165) is 0 Å². The van der Waals surface area contributed by atoms with E-state index in [1.165, 1.54) is 24.3 Å². The standard InChI is InChI=1S/C21H17ClFNO4/c1-3-8-27-19-16(22)9-13(11-18(19)26-4-2)10-17-21(25)28-20(24-17)14-6-5-7-15(23)12-14/h3,5-7,9-12H,1,4,8H2,2H3/b17-10-. The summed E-state index contributed by atoms with van der Waals surface area (Å²) in [6.45, 7) is 6.12. The van der Waals surface area contributed by atoms with Crippen molar-refractivity contribution in [1.29, 1.82) is 0 Å². The number of halogens is 2. The molecule has 0 saturated carbocycles. The zero-order valence-corrected chi connectivity index (χ0v) is 15.8. The molecule has 0 aliphatic carbocycles. The predicted octanol–water partition coefficient (Wildman–Crippen LogP) is 4.79. The Kier molecular flexibility index (Phi) is 6.11. The van der Waals surface area contributed by atoms with Crippen LogP contribution in [0.3, 0.4) is 0 Å². The largest absolute Gasteiger partial charge is 0.490 e. The maximum Gasteiger partial charge on any atom is 0.363 e. The molecule has 1 heterocycles. The van der Waals surface area contributed by atoms with Crippen molar-refractivity contribution in [3.8, 4) is 11.5 Å². The highest BCUT2D eigenvalue weighted by atomic mass is 35.5. The first-order valence-electron chi connectivity index (χ1n) is 8.50. The van der Waals surface area contributed by atoms with E-state index in [1.807, 2.05) is 6.92 Å². The molecule has 1 aliphatic heterocycles. The van der Waals surface area contributed by atoms with Gasteiger partial charge in [-0.1, -0.05) is 30.3 Å². The lowest BCUT2D eigenvalue weighted by Gasteiger charge is -2.13. The topological polar surface area (TPSA) is 57.1 Å². The molecule has 0 aromatic heterocycles. The molecule has 5 nitrogen and oxygen atoms in total. The Hall–Kier alpha value is -3.12. The summed E-state index contributed by atoms with van der Waals surface area (Å²) in [5.41, 5.74) is 1.02. The second-order valence-corrected chi connectivity index (χ2v) is 6.12. The quantitative estimate of drug-likeness (QED) is 0.380. The van der Waals surface area contributed by atoms with Crippen LogP contribution < -0.4 is 9.47 Å². The van der Waals surface area contributed by atoms with Crippen LogP contribution in [0, 0.1) is 5.82 Å². The molecule has 0 unspecified atom stereocenters. The van der Waals surface area contributed by atoms with Crippen LogP contribution >= 0.6 is 11.6 Å². The van der Waals surface area contributed by atoms with Crippen molar-refractivity contribution in [2.45, 2.75) is 6.92 Å². The summed E-state index contributed by atoms with van der Waals surface area (Å²) in [7, 11) is 0. The second kappa shape index (κ2) is 8.71. The zero-order chi connectivity index (χ0) is 20.1. The lowest BCUT2D eigenvalue weighted by atomic mass is 10.1. The Morgan fingerprint density at radius 2 is 2.11 bits per heavy atom. The Labute approximate surface area is 166 Å². The molecule has 2 aromatic carbocycles. The minimum Gasteiger partial charge on any atom is -0.490 e. The van der Waals surface area contributed by atoms with Gasteiger partial charge in [0.2, 0.25) is 5.90 Å². The van der Waals surface area contributed by atoms with Crippen molar-refractivity contribution in [2.75, 3.05) is 13.2 Å². The van der Waals surface area contributed by atoms with Gasteiger partial charge in [-0.05, 0) is 48.9 Å². The van der Waals surface area contributed by atoms with E-state index in [-0.39, 0.29) is 18.2 Å². The van der Waals surface area contributed by atoms with Gasteiger partial charge in [0.05, 0.1) is 11.6 Å². The molecule has 0 atom stereocenters. The van der Waals surface area contributed by atoms with Crippen LogP contribution in [-0.2, 0) is 9.53 Å². The smallest absolute Gasteiger partial charge is 0.363 e. The average Bonchev–Trinajstić information content (AvgIpc) is 3.02. The summed E-state index contributed by atoms with van der Waals surface area (Å²) in [5, 5.41) is 0.320. The molecule has 1 aliphatic rings. The molecule has 2 aromatic rings. The maximum atomic E-state index is 13.4. The van der Waals surface area contributed by atoms with Gasteiger partial charge in [0.15, 0.2) is 17.2 Å². The van der Waals surface area contributed by atoms with E-state index in [0.29, 0.717) is 34.3 Å². The molecule has 0 fully saturated rings. The number of nitrogens with zero attached hydrogens (tertiary/aromatic N) is 1. The second-order valence-electron chi connectivity index (χ2n) is 5.71. The van der Waals surface area contributed by atoms with Crippen LogP contribution in [0.2, 0.25) is 5.02 Å². The number of ether oxygens (including phenoxy) is 3. The fraction of sp³-hybridized carbons (Fsp3) is 0.143. The molecule has 0 spiro atoms. The fourth-order valence-corrected chi connectivity index (χ4v) is 2.80. The van der Waals surface area contributed by atoms with Gasteiger partial charge in [0.25, 0.3) is 0 Å². The first-order valence-corrected chi connectivity index (χ1v) is 8.88. The molecular weight excluding hydrogens is 385 g/mol. The van der Waals surface area contributed by atoms with Crippen molar-refractivity contribution < 1.29 is 23.4 Å². The lowest BCUT2D eigenvalue weighted by Crippen LogP contribution is -2.05. The van der Waals surface area contributed by atoms with Gasteiger partial charge in [-0.15, -0.1) is 0 Å². The number of carbonyl (C=O) groups excluding carboxylic acids is 1. The highest BCUT2D eigenvalue weighted by Gasteiger charge is 2.24. The van der Waals surface area contributed by atoms with Gasteiger partial charge in [0.1, 0.15) is 12.4 Å². The minimum atomic E-state index is -0.639. The third-order valence-electron chi connectivity index (χ3n) is 3.67. The summed E-state index contributed by atoms with van der Waals surface area (Å²) in [5.74, 6) is -0.219. The predicted molar refractivity (Wildman–Crippen MR) is 105 cm³/mol. The van der Waals surface area contributed by atoms with Gasteiger partial charge in [-0.3, -0.25) is 0 Å². The van der Waals surface area contributed by atoms with Gasteiger partial charge >= 0.3 is 5.97 Å². The van der Waals surface area contributed by atoms with E-state index in [4.69, 9.17) is 25.8 Å². The monoisotopic (exact) mass is 401 g/mol. The first-order chi connectivity index (χ1) is 13.5. The lowest BCUT2D eigenvalue weighted by molar-refractivity contribution is -0.129. The molecule has 0 bridgehead atoms. The summed E-state index contributed by atoms with van der Waals surface area (Å²) >= 11 is 6.31. The fourth-order valence-electron chi connectivity index (χ4n) is 2.53. The maximum absolute atomic E-state index is 13.4. The summed E-state index contributed by atoms with van der Waals surface area (Å²) < 4.78 is 29.7. The van der Waals surface area contributed by atoms with Gasteiger partial charge in [-0.2, -0.15) is 0 Å². The van der Waals surface area contributed by atoms with Crippen LogP contribution in [0.15, 0.2) is 59.7 Å². The third-order valence-corrected chi connectivity index (χ3v) is 3.95. The van der Waals surface area contributed by atoms with Crippen LogP contribution in [0.4, 0.5) is 4.39 Å². The molecule has 0 N–H and O–H groups in total. The Balaban J connectivity index is 1.95. The van der Waals surface area contributed by atoms with Crippen molar-refractivity contribution in [2.24, 2.45) is 4.99 Å². The van der Waals surface area contributed by atoms with E-state index in [2.05, 4.69) is 11.6 Å². The number of aliphatic imine (C=N–C) groups is 1. The summed E-state index contributed by atoms with van der Waals surface area (Å²) in [6.07, 6.45) is 3.11. The highest BCUT2D eigenvalue weighted by molar-refractivity contribution is 6.32. The molecule has 144 valence electrons. The van der Waals surface area contributed by atoms with E-state index < -0.39 is 11.8 Å². The van der Waals surface area contributed by atoms with Crippen LogP contribution in [-0.4, -0.2) is 25.1 Å². The Morgan fingerprint density at radius 3 is 2.82 bits per heavy atom. The third kappa shape index (κ3) is 4.40. The number of benzene rings is 2. The van der Waals surface area contributed by atoms with Gasteiger partial charge in [-0.25, -0.2) is 14.2 Å². The summed E-state index contributed by atoms with van der Waals surface area (Å²) in [4.78, 5) is 16.3. The Bertz CT molecular complexity index is 984. The van der Waals surface area contributed by atoms with Crippen molar-refractivity contribution in [3.63, 3.8) is 0 Å². The Morgan fingerprint density at radius 1 is 1.29 bits per heavy atom. The van der Waals surface area contributed by atoms with Crippen LogP contribution in [0.5, 0.6) is 11.5 Å². The molecule has 7 heteroatoms. The molecular formula is C21H17ClFNO4. The zero-order valence-electron chi connectivity index (χ0n) is 15.1. The van der Waals surface area contributed by atoms with Crippen molar-refractivity contribution >= 4 is 29.5 Å². The van der Waals surface area contributed by atoms with Crippen molar-refractivity contribution in [1.82, 2.24) is 0 Å². The minimum absolute atomic E-state index is 0.0396. The SMILES string of the molecule is C=CCOc1c(Cl)cc(/C=C2\N=C(c3cccc(F)c3)OC2=O)cc1OCC. The van der Waals surface area contributed by atoms with E-state index in [1.54, 1.807) is 24.3 Å². The molecule has 28 heavy (non-hydrogen) atoms. The van der Waals surface area contributed by atoms with Gasteiger partial charge < -0.3 is 14.2 Å². The number of hydrogen-bond donors (Lipinski definition) is 0. The number of esters is 1. The van der Waals surface area contributed by atoms with Crippen molar-refractivity contribution in [3.05, 3.63) is 76.7 Å². The number of carbonyl (C=O) groups is 1. The molecule has 0 saturated heterocycles. The normalized spacial score (nSPS) is 14.6. The first kappa shape index (κ1) is 19.6. The molecule has 0 radical (unpaired) electrons. The van der Waals surface area contributed by atoms with Crippen LogP contribution in [0.1, 0.15) is 18.1 Å². The number of rotatable bonds is 7. The number of cyclic esters (lactones) is 1. The van der Waals surface area contributed by atoms with E-state index >= 15 is 0 Å². The van der Waals surface area contributed by atoms with E-state index in [9.17, 15) is 9.18 Å². The number of hydrogen-bond acceptors (Lipinski definition) is 5. The highest BCUT2D eigenvalue weighted by Crippen LogP contribution is 2.37. The summed E-state index contributed by atoms with van der Waals surface area (Å²) in [6, 6.07) is 8.96. The molecule has 3 rings (SSSR count). The van der Waals surface area contributed by atoms with Gasteiger partial charge in [0, 0.05) is 5.56 Å². The van der Waals surface area contributed by atoms with Crippen LogP contribution in [0.25, 0.3) is 6.08 Å². The molecule has 0 amide bonds. The average molecular weight is 402 g/mol.